The third-order valence-corrected chi connectivity index (χ3v) is 2.81. The number of carbonyl (C=O) groups is 4. The largest absolute Gasteiger partial charge is 0.278 e. The van der Waals surface area contributed by atoms with Crippen molar-refractivity contribution in [1.29, 1.82) is 0 Å². The molecule has 0 N–H and O–H groups in total. The Morgan fingerprint density at radius 1 is 0.889 bits per heavy atom. The highest BCUT2D eigenvalue weighted by atomic mass is 35.5. The molecule has 0 fully saturated rings. The second kappa shape index (κ2) is 4.08. The van der Waals surface area contributed by atoms with Crippen LogP contribution in [0.2, 0.25) is 0 Å². The maximum atomic E-state index is 11.6. The van der Waals surface area contributed by atoms with Crippen LogP contribution in [-0.4, -0.2) is 33.4 Å². The summed E-state index contributed by atoms with van der Waals surface area (Å²) in [5.41, 5.74) is 0. The molecule has 0 radical (unpaired) electrons. The van der Waals surface area contributed by atoms with E-state index in [1.807, 2.05) is 0 Å². The maximum absolute atomic E-state index is 11.6. The van der Waals surface area contributed by atoms with Crippen LogP contribution in [0.1, 0.15) is 0 Å². The van der Waals surface area contributed by atoms with Crippen LogP contribution in [0.5, 0.6) is 0 Å². The molecule has 2 aliphatic heterocycles. The smallest absolute Gasteiger partial charge is 0.269 e. The fourth-order valence-electron chi connectivity index (χ4n) is 1.47. The topological polar surface area (TPSA) is 74.8 Å². The first-order valence-electron chi connectivity index (χ1n) is 4.54. The fourth-order valence-corrected chi connectivity index (χ4v) is 1.83. The standard InChI is InChI=1S/C10H4Cl2N2O4/c1-4(13-7(15)2-5(11)9(13)17)14-8(16)3-6(12)10(14)18/h2-3H,1H2. The van der Waals surface area contributed by atoms with Crippen LogP contribution >= 0.6 is 23.2 Å². The minimum Gasteiger partial charge on any atom is -0.269 e. The molecule has 2 heterocycles. The van der Waals surface area contributed by atoms with Crippen LogP contribution in [-0.2, 0) is 19.2 Å². The van der Waals surface area contributed by atoms with E-state index in [0.717, 1.165) is 12.2 Å². The molecular weight excluding hydrogens is 283 g/mol. The lowest BCUT2D eigenvalue weighted by Gasteiger charge is -2.23. The Kier molecular flexibility index (Phi) is 2.84. The van der Waals surface area contributed by atoms with Crippen molar-refractivity contribution in [3.05, 3.63) is 34.6 Å². The van der Waals surface area contributed by atoms with Gasteiger partial charge in [0.15, 0.2) is 0 Å². The molecule has 0 aliphatic carbocycles. The van der Waals surface area contributed by atoms with Crippen molar-refractivity contribution in [2.75, 3.05) is 0 Å². The number of hydrogen-bond acceptors (Lipinski definition) is 4. The predicted octanol–water partition coefficient (Wildman–Crippen LogP) is 0.441. The highest BCUT2D eigenvalue weighted by molar-refractivity contribution is 6.48. The summed E-state index contributed by atoms with van der Waals surface area (Å²) in [5.74, 6) is -3.67. The summed E-state index contributed by atoms with van der Waals surface area (Å²) in [4.78, 5) is 47.1. The molecule has 4 amide bonds. The van der Waals surface area contributed by atoms with Gasteiger partial charge in [-0.2, -0.15) is 0 Å². The normalized spacial score (nSPS) is 19.7. The monoisotopic (exact) mass is 286 g/mol. The average Bonchev–Trinajstić information content (AvgIpc) is 2.66. The van der Waals surface area contributed by atoms with Gasteiger partial charge in [-0.15, -0.1) is 0 Å². The van der Waals surface area contributed by atoms with Crippen molar-refractivity contribution in [2.24, 2.45) is 0 Å². The van der Waals surface area contributed by atoms with Gasteiger partial charge in [0.2, 0.25) is 0 Å². The van der Waals surface area contributed by atoms with E-state index in [-0.39, 0.29) is 10.1 Å². The van der Waals surface area contributed by atoms with Crippen LogP contribution in [0.25, 0.3) is 0 Å². The van der Waals surface area contributed by atoms with Crippen LogP contribution in [0.15, 0.2) is 34.6 Å². The number of hydrogen-bond donors (Lipinski definition) is 0. The SMILES string of the molecule is C=C(N1C(=O)C=C(Cl)C1=O)N1C(=O)C=C(Cl)C1=O. The number of nitrogens with zero attached hydrogens (tertiary/aromatic N) is 2. The van der Waals surface area contributed by atoms with Crippen molar-refractivity contribution in [3.63, 3.8) is 0 Å². The third-order valence-electron chi connectivity index (χ3n) is 2.27. The van der Waals surface area contributed by atoms with Gasteiger partial charge in [-0.05, 0) is 0 Å². The summed E-state index contributed by atoms with van der Waals surface area (Å²) in [6.07, 6.45) is 1.74. The lowest BCUT2D eigenvalue weighted by molar-refractivity contribution is -0.140. The number of imide groups is 2. The van der Waals surface area contributed by atoms with Gasteiger partial charge in [-0.1, -0.05) is 29.8 Å². The number of amides is 4. The van der Waals surface area contributed by atoms with Gasteiger partial charge in [0.1, 0.15) is 15.9 Å². The van der Waals surface area contributed by atoms with E-state index in [4.69, 9.17) is 23.2 Å². The van der Waals surface area contributed by atoms with E-state index in [1.165, 1.54) is 0 Å². The summed E-state index contributed by atoms with van der Waals surface area (Å²) < 4.78 is 0. The van der Waals surface area contributed by atoms with Crippen LogP contribution in [0.3, 0.4) is 0 Å². The molecule has 18 heavy (non-hydrogen) atoms. The van der Waals surface area contributed by atoms with Crippen LogP contribution in [0, 0.1) is 0 Å². The van der Waals surface area contributed by atoms with E-state index in [2.05, 4.69) is 6.58 Å². The molecule has 92 valence electrons. The summed E-state index contributed by atoms with van der Waals surface area (Å²) >= 11 is 11.0. The molecule has 0 aromatic heterocycles. The molecular formula is C10H4Cl2N2O4. The lowest BCUT2D eigenvalue weighted by Crippen LogP contribution is -2.41. The van der Waals surface area contributed by atoms with E-state index in [9.17, 15) is 19.2 Å². The van der Waals surface area contributed by atoms with E-state index >= 15 is 0 Å². The highest BCUT2D eigenvalue weighted by Crippen LogP contribution is 2.26. The Morgan fingerprint density at radius 2 is 1.22 bits per heavy atom. The quantitative estimate of drug-likeness (QED) is 0.691. The molecule has 2 rings (SSSR count). The Labute approximate surface area is 111 Å². The van der Waals surface area contributed by atoms with Crippen molar-refractivity contribution >= 4 is 46.8 Å². The van der Waals surface area contributed by atoms with Gasteiger partial charge in [0.25, 0.3) is 23.6 Å². The predicted molar refractivity (Wildman–Crippen MR) is 60.7 cm³/mol. The molecule has 0 bridgehead atoms. The Bertz CT molecular complexity index is 541. The number of carbonyl (C=O) groups excluding carboxylic acids is 4. The van der Waals surface area contributed by atoms with E-state index < -0.39 is 29.4 Å². The summed E-state index contributed by atoms with van der Waals surface area (Å²) in [6, 6.07) is 0. The highest BCUT2D eigenvalue weighted by Gasteiger charge is 2.40. The average molecular weight is 287 g/mol. The van der Waals surface area contributed by atoms with Gasteiger partial charge in [0, 0.05) is 12.2 Å². The van der Waals surface area contributed by atoms with Crippen molar-refractivity contribution in [1.82, 2.24) is 9.80 Å². The Morgan fingerprint density at radius 3 is 1.44 bits per heavy atom. The molecule has 0 unspecified atom stereocenters. The first kappa shape index (κ1) is 12.5. The van der Waals surface area contributed by atoms with Crippen molar-refractivity contribution in [2.45, 2.75) is 0 Å². The summed E-state index contributed by atoms with van der Waals surface area (Å²) in [6.45, 7) is 3.37. The van der Waals surface area contributed by atoms with E-state index in [0.29, 0.717) is 9.80 Å². The van der Waals surface area contributed by atoms with Crippen molar-refractivity contribution in [3.8, 4) is 0 Å². The zero-order chi connectivity index (χ0) is 13.6. The third kappa shape index (κ3) is 1.66. The molecule has 0 aromatic rings. The second-order valence-corrected chi connectivity index (χ2v) is 4.17. The summed E-state index contributed by atoms with van der Waals surface area (Å²) in [7, 11) is 0. The summed E-state index contributed by atoms with van der Waals surface area (Å²) in [5, 5.41) is -0.640. The number of rotatable bonds is 2. The fraction of sp³-hybridized carbons (Fsp3) is 0. The zero-order valence-corrected chi connectivity index (χ0v) is 10.2. The van der Waals surface area contributed by atoms with Gasteiger partial charge in [-0.25, -0.2) is 9.80 Å². The molecule has 0 saturated heterocycles. The molecule has 6 nitrogen and oxygen atoms in total. The minimum atomic E-state index is -0.852. The Balaban J connectivity index is 2.30. The van der Waals surface area contributed by atoms with E-state index in [1.54, 1.807) is 0 Å². The van der Waals surface area contributed by atoms with Gasteiger partial charge in [0.05, 0.1) is 0 Å². The zero-order valence-electron chi connectivity index (χ0n) is 8.65. The molecule has 0 aromatic carbocycles. The van der Waals surface area contributed by atoms with Crippen LogP contribution < -0.4 is 0 Å². The first-order valence-corrected chi connectivity index (χ1v) is 5.30. The first-order chi connectivity index (χ1) is 8.34. The minimum absolute atomic E-state index is 0.320. The Hall–Kier alpha value is -1.92. The van der Waals surface area contributed by atoms with Gasteiger partial charge in [-0.3, -0.25) is 19.2 Å². The molecule has 0 atom stereocenters. The van der Waals surface area contributed by atoms with Crippen LogP contribution in [0.4, 0.5) is 0 Å². The second-order valence-electron chi connectivity index (χ2n) is 3.36. The van der Waals surface area contributed by atoms with Gasteiger partial charge < -0.3 is 0 Å². The van der Waals surface area contributed by atoms with Gasteiger partial charge >= 0.3 is 0 Å². The maximum Gasteiger partial charge on any atom is 0.278 e. The van der Waals surface area contributed by atoms with Crippen molar-refractivity contribution < 1.29 is 19.2 Å². The number of halogens is 2. The molecule has 0 saturated carbocycles. The molecule has 8 heteroatoms. The molecule has 2 aliphatic rings. The lowest BCUT2D eigenvalue weighted by atomic mass is 10.5. The molecule has 0 spiro atoms.